The van der Waals surface area contributed by atoms with E-state index < -0.39 is 26.5 Å². The van der Waals surface area contributed by atoms with E-state index >= 15 is 0 Å². The van der Waals surface area contributed by atoms with Crippen LogP contribution < -0.4 is 10.6 Å². The van der Waals surface area contributed by atoms with Crippen molar-refractivity contribution in [2.45, 2.75) is 10.6 Å². The summed E-state index contributed by atoms with van der Waals surface area (Å²) in [5.74, 6) is -1.03. The topological polar surface area (TPSA) is 95.5 Å². The standard InChI is InChI=1S/C20H15Cl3N2O4S/c21-13-7-4-8-15(17(13)23)24-20(27)25-16-10-9-14(22)19(18(16)26)30(28,29)11-12-5-2-1-3-6-12/h1-10,26H,11H2,(H2,24,25,27). The van der Waals surface area contributed by atoms with Crippen LogP contribution in [0.5, 0.6) is 5.75 Å². The van der Waals surface area contributed by atoms with E-state index in [0.717, 1.165) is 0 Å². The van der Waals surface area contributed by atoms with Crippen molar-refractivity contribution in [2.24, 2.45) is 0 Å². The lowest BCUT2D eigenvalue weighted by Crippen LogP contribution is -2.20. The molecular weight excluding hydrogens is 471 g/mol. The predicted molar refractivity (Wildman–Crippen MR) is 120 cm³/mol. The van der Waals surface area contributed by atoms with Crippen LogP contribution in [0.25, 0.3) is 0 Å². The van der Waals surface area contributed by atoms with Crippen LogP contribution in [0.3, 0.4) is 0 Å². The van der Waals surface area contributed by atoms with E-state index in [1.54, 1.807) is 42.5 Å². The molecule has 0 aliphatic heterocycles. The number of phenols is 1. The summed E-state index contributed by atoms with van der Waals surface area (Å²) in [5, 5.41) is 15.6. The summed E-state index contributed by atoms with van der Waals surface area (Å²) in [6.45, 7) is 0. The summed E-state index contributed by atoms with van der Waals surface area (Å²) in [6.07, 6.45) is 0. The smallest absolute Gasteiger partial charge is 0.323 e. The number of phenolic OH excluding ortho intramolecular Hbond substituents is 1. The largest absolute Gasteiger partial charge is 0.504 e. The first-order chi connectivity index (χ1) is 14.2. The molecule has 0 fully saturated rings. The highest BCUT2D eigenvalue weighted by atomic mass is 35.5. The van der Waals surface area contributed by atoms with Crippen LogP contribution in [0.1, 0.15) is 5.56 Å². The number of rotatable bonds is 5. The molecule has 6 nitrogen and oxygen atoms in total. The quantitative estimate of drug-likeness (QED) is 0.388. The van der Waals surface area contributed by atoms with Crippen molar-refractivity contribution in [1.82, 2.24) is 0 Å². The molecule has 0 radical (unpaired) electrons. The molecule has 156 valence electrons. The summed E-state index contributed by atoms with van der Waals surface area (Å²) in [4.78, 5) is 11.9. The van der Waals surface area contributed by atoms with Crippen molar-refractivity contribution in [3.05, 3.63) is 81.3 Å². The van der Waals surface area contributed by atoms with E-state index in [1.165, 1.54) is 18.2 Å². The molecule has 0 unspecified atom stereocenters. The number of benzene rings is 3. The number of halogens is 3. The summed E-state index contributed by atoms with van der Waals surface area (Å²) >= 11 is 18.0. The van der Waals surface area contributed by atoms with Gasteiger partial charge in [0.25, 0.3) is 0 Å². The summed E-state index contributed by atoms with van der Waals surface area (Å²) in [7, 11) is -4.00. The van der Waals surface area contributed by atoms with E-state index in [9.17, 15) is 18.3 Å². The zero-order valence-electron chi connectivity index (χ0n) is 15.2. The van der Waals surface area contributed by atoms with E-state index in [-0.39, 0.29) is 32.2 Å². The Bertz CT molecular complexity index is 1200. The highest BCUT2D eigenvalue weighted by Crippen LogP contribution is 2.38. The Labute approximate surface area is 188 Å². The second-order valence-corrected chi connectivity index (χ2v) is 9.32. The molecule has 0 aromatic heterocycles. The fraction of sp³-hybridized carbons (Fsp3) is 0.0500. The molecule has 0 saturated carbocycles. The number of urea groups is 1. The van der Waals surface area contributed by atoms with Crippen LogP contribution in [0, 0.1) is 0 Å². The maximum absolute atomic E-state index is 12.8. The van der Waals surface area contributed by atoms with E-state index in [1.807, 2.05) is 0 Å². The molecule has 2 amide bonds. The molecular formula is C20H15Cl3N2O4S. The van der Waals surface area contributed by atoms with E-state index in [4.69, 9.17) is 34.8 Å². The molecule has 0 heterocycles. The number of aromatic hydroxyl groups is 1. The fourth-order valence-corrected chi connectivity index (χ4v) is 5.08. The van der Waals surface area contributed by atoms with Crippen LogP contribution in [0.2, 0.25) is 15.1 Å². The lowest BCUT2D eigenvalue weighted by Gasteiger charge is -2.14. The molecule has 0 atom stereocenters. The zero-order valence-corrected chi connectivity index (χ0v) is 18.3. The zero-order chi connectivity index (χ0) is 21.9. The third-order valence-electron chi connectivity index (χ3n) is 4.04. The van der Waals surface area contributed by atoms with Gasteiger partial charge in [-0.25, -0.2) is 13.2 Å². The lowest BCUT2D eigenvalue weighted by atomic mass is 10.2. The van der Waals surface area contributed by atoms with Gasteiger partial charge in [0.15, 0.2) is 15.6 Å². The number of carbonyl (C=O) groups excluding carboxylic acids is 1. The molecule has 0 saturated heterocycles. The molecule has 0 aliphatic carbocycles. The minimum absolute atomic E-state index is 0.137. The monoisotopic (exact) mass is 484 g/mol. The van der Waals surface area contributed by atoms with Crippen molar-refractivity contribution >= 4 is 62.0 Å². The second-order valence-electron chi connectivity index (χ2n) is 6.20. The Morgan fingerprint density at radius 1 is 0.833 bits per heavy atom. The molecule has 0 spiro atoms. The number of carbonyl (C=O) groups is 1. The second kappa shape index (κ2) is 9.14. The van der Waals surface area contributed by atoms with Gasteiger partial charge in [-0.05, 0) is 29.8 Å². The molecule has 3 N–H and O–H groups in total. The Hall–Kier alpha value is -2.45. The highest BCUT2D eigenvalue weighted by molar-refractivity contribution is 7.90. The molecule has 3 rings (SSSR count). The van der Waals surface area contributed by atoms with Gasteiger partial charge in [0, 0.05) is 0 Å². The minimum atomic E-state index is -4.00. The van der Waals surface area contributed by atoms with Gasteiger partial charge in [-0.2, -0.15) is 0 Å². The van der Waals surface area contributed by atoms with Crippen molar-refractivity contribution in [2.75, 3.05) is 10.6 Å². The Morgan fingerprint density at radius 2 is 1.50 bits per heavy atom. The molecule has 3 aromatic rings. The first-order valence-corrected chi connectivity index (χ1v) is 11.3. The number of anilines is 2. The first kappa shape index (κ1) is 22.2. The third kappa shape index (κ3) is 4.99. The van der Waals surface area contributed by atoms with Crippen LogP contribution in [0.15, 0.2) is 65.6 Å². The fourth-order valence-electron chi connectivity index (χ4n) is 2.69. The Morgan fingerprint density at radius 3 is 2.20 bits per heavy atom. The number of hydrogen-bond donors (Lipinski definition) is 3. The van der Waals surface area contributed by atoms with Crippen molar-refractivity contribution in [1.29, 1.82) is 0 Å². The van der Waals surface area contributed by atoms with Crippen LogP contribution in [-0.2, 0) is 15.6 Å². The van der Waals surface area contributed by atoms with E-state index in [2.05, 4.69) is 10.6 Å². The number of sulfone groups is 1. The van der Waals surface area contributed by atoms with Gasteiger partial charge in [0.2, 0.25) is 0 Å². The third-order valence-corrected chi connectivity index (χ3v) is 7.04. The van der Waals surface area contributed by atoms with Gasteiger partial charge in [0.05, 0.1) is 32.2 Å². The molecule has 30 heavy (non-hydrogen) atoms. The SMILES string of the molecule is O=C(Nc1ccc(Cl)c(S(=O)(=O)Cc2ccccc2)c1O)Nc1cccc(Cl)c1Cl. The molecule has 0 aliphatic rings. The van der Waals surface area contributed by atoms with Crippen LogP contribution in [-0.4, -0.2) is 19.6 Å². The Kier molecular flexibility index (Phi) is 6.77. The lowest BCUT2D eigenvalue weighted by molar-refractivity contribution is 0.262. The number of nitrogens with one attached hydrogen (secondary N) is 2. The molecule has 0 bridgehead atoms. The van der Waals surface area contributed by atoms with Gasteiger partial charge in [-0.1, -0.05) is 71.2 Å². The summed E-state index contributed by atoms with van der Waals surface area (Å²) in [6, 6.07) is 15.0. The van der Waals surface area contributed by atoms with Crippen LogP contribution in [0.4, 0.5) is 16.2 Å². The van der Waals surface area contributed by atoms with Gasteiger partial charge >= 0.3 is 6.03 Å². The summed E-state index contributed by atoms with van der Waals surface area (Å²) in [5.41, 5.74) is 0.633. The van der Waals surface area contributed by atoms with Gasteiger partial charge in [-0.15, -0.1) is 0 Å². The minimum Gasteiger partial charge on any atom is -0.504 e. The van der Waals surface area contributed by atoms with Gasteiger partial charge < -0.3 is 15.7 Å². The highest BCUT2D eigenvalue weighted by Gasteiger charge is 2.26. The number of hydrogen-bond acceptors (Lipinski definition) is 4. The van der Waals surface area contributed by atoms with Crippen molar-refractivity contribution in [3.8, 4) is 5.75 Å². The predicted octanol–water partition coefficient (Wildman–Crippen LogP) is 5.97. The maximum Gasteiger partial charge on any atom is 0.323 e. The number of amides is 2. The van der Waals surface area contributed by atoms with Crippen molar-refractivity contribution < 1.29 is 18.3 Å². The van der Waals surface area contributed by atoms with Crippen molar-refractivity contribution in [3.63, 3.8) is 0 Å². The summed E-state index contributed by atoms with van der Waals surface area (Å²) < 4.78 is 25.7. The normalized spacial score (nSPS) is 11.2. The van der Waals surface area contributed by atoms with Crippen LogP contribution >= 0.6 is 34.8 Å². The van der Waals surface area contributed by atoms with Gasteiger partial charge in [-0.3, -0.25) is 0 Å². The molecule has 10 heteroatoms. The molecule has 3 aromatic carbocycles. The average molecular weight is 486 g/mol. The average Bonchev–Trinajstić information content (AvgIpc) is 2.68. The maximum atomic E-state index is 12.8. The Balaban J connectivity index is 1.87. The van der Waals surface area contributed by atoms with Gasteiger partial charge in [0.1, 0.15) is 4.90 Å². The first-order valence-electron chi connectivity index (χ1n) is 8.49. The van der Waals surface area contributed by atoms with E-state index in [0.29, 0.717) is 5.56 Å².